The van der Waals surface area contributed by atoms with Gasteiger partial charge in [0, 0.05) is 30.9 Å². The number of hydrogen-bond donors (Lipinski definition) is 3. The number of aliphatic hydroxyl groups is 1. The fourth-order valence-electron chi connectivity index (χ4n) is 5.51. The Bertz CT molecular complexity index is 1810. The zero-order chi connectivity index (χ0) is 31.1. The Labute approximate surface area is 254 Å². The second-order valence-corrected chi connectivity index (χ2v) is 10.7. The minimum Gasteiger partial charge on any atom is -0.478 e. The molecule has 224 valence electrons. The monoisotopic (exact) mass is 618 g/mol. The van der Waals surface area contributed by atoms with Crippen molar-refractivity contribution in [2.45, 2.75) is 25.0 Å². The molecule has 4 aromatic rings. The van der Waals surface area contributed by atoms with Gasteiger partial charge < -0.3 is 25.3 Å². The number of amides is 3. The third-order valence-corrected chi connectivity index (χ3v) is 7.96. The maximum atomic E-state index is 14.6. The van der Waals surface area contributed by atoms with Crippen molar-refractivity contribution in [2.24, 2.45) is 0 Å². The average molecular weight is 619 g/mol. The molecule has 2 aliphatic heterocycles. The lowest BCUT2D eigenvalue weighted by atomic mass is 9.89. The van der Waals surface area contributed by atoms with Gasteiger partial charge in [-0.3, -0.25) is 14.4 Å². The Kier molecular flexibility index (Phi) is 7.57. The molecule has 0 saturated carbocycles. The van der Waals surface area contributed by atoms with Gasteiger partial charge >= 0.3 is 5.97 Å². The zero-order valence-electron chi connectivity index (χ0n) is 22.9. The summed E-state index contributed by atoms with van der Waals surface area (Å²) in [5.41, 5.74) is 1.84. The van der Waals surface area contributed by atoms with Gasteiger partial charge in [0.1, 0.15) is 17.8 Å². The van der Waals surface area contributed by atoms with Crippen LogP contribution >= 0.6 is 11.6 Å². The van der Waals surface area contributed by atoms with Gasteiger partial charge in [0.15, 0.2) is 11.5 Å². The number of carboxylic acids is 1. The molecule has 0 aliphatic carbocycles. The van der Waals surface area contributed by atoms with Gasteiger partial charge in [-0.1, -0.05) is 35.0 Å². The maximum Gasteiger partial charge on any atom is 0.335 e. The van der Waals surface area contributed by atoms with Gasteiger partial charge in [-0.05, 0) is 60.0 Å². The van der Waals surface area contributed by atoms with E-state index in [2.05, 4.69) is 15.6 Å². The molecule has 2 atom stereocenters. The fourth-order valence-corrected chi connectivity index (χ4v) is 5.68. The van der Waals surface area contributed by atoms with Crippen LogP contribution in [0.25, 0.3) is 5.69 Å². The number of hydrogen-bond acceptors (Lipinski definition) is 7. The molecule has 1 aromatic heterocycles. The highest BCUT2D eigenvalue weighted by Crippen LogP contribution is 2.38. The molecule has 2 unspecified atom stereocenters. The van der Waals surface area contributed by atoms with Gasteiger partial charge in [0.25, 0.3) is 17.7 Å². The van der Waals surface area contributed by atoms with Crippen molar-refractivity contribution in [2.75, 3.05) is 23.3 Å². The summed E-state index contributed by atoms with van der Waals surface area (Å²) in [4.78, 5) is 54.5. The van der Waals surface area contributed by atoms with Gasteiger partial charge in [-0.2, -0.15) is 0 Å². The summed E-state index contributed by atoms with van der Waals surface area (Å²) in [5.74, 6) is -3.56. The maximum absolute atomic E-state index is 14.6. The number of anilines is 2. The van der Waals surface area contributed by atoms with E-state index in [1.165, 1.54) is 58.5 Å². The number of aromatic nitrogens is 3. The molecule has 3 N–H and O–H groups in total. The van der Waals surface area contributed by atoms with Gasteiger partial charge in [-0.25, -0.2) is 13.9 Å². The van der Waals surface area contributed by atoms with Crippen LogP contribution in [0.5, 0.6) is 0 Å². The minimum absolute atomic E-state index is 0.0192. The Morgan fingerprint density at radius 1 is 1.00 bits per heavy atom. The van der Waals surface area contributed by atoms with Crippen molar-refractivity contribution in [1.82, 2.24) is 19.9 Å². The van der Waals surface area contributed by atoms with Crippen LogP contribution in [0.15, 0.2) is 66.9 Å². The molecule has 12 nitrogen and oxygen atoms in total. The number of halogens is 2. The van der Waals surface area contributed by atoms with E-state index in [1.54, 1.807) is 18.2 Å². The van der Waals surface area contributed by atoms with E-state index < -0.39 is 41.7 Å². The predicted molar refractivity (Wildman–Crippen MR) is 155 cm³/mol. The van der Waals surface area contributed by atoms with Crippen molar-refractivity contribution in [3.05, 3.63) is 100 Å². The van der Waals surface area contributed by atoms with E-state index in [4.69, 9.17) is 11.6 Å². The molecule has 6 rings (SSSR count). The standard InChI is InChI=1S/C30H24ClFN6O6/c31-20-4-2-6-23(25(20)32)38-15-21(34-35-38)28(41)37-13-11-18-19(3-1-5-22(18)36-14-12-24(39)29(36)42)26(37)27(40)33-17-9-7-16(8-10-17)30(43)44/h1-10,15,24,26,39H,11-14H2,(H,33,40)(H,43,44). The highest BCUT2D eigenvalue weighted by atomic mass is 35.5. The van der Waals surface area contributed by atoms with Crippen LogP contribution in [0, 0.1) is 5.82 Å². The van der Waals surface area contributed by atoms with Crippen LogP contribution < -0.4 is 10.2 Å². The Hall–Kier alpha value is -5.14. The van der Waals surface area contributed by atoms with Crippen LogP contribution in [-0.4, -0.2) is 73.0 Å². The summed E-state index contributed by atoms with van der Waals surface area (Å²) >= 11 is 5.90. The molecule has 0 radical (unpaired) electrons. The number of nitrogens with zero attached hydrogens (tertiary/aromatic N) is 5. The van der Waals surface area contributed by atoms with Crippen LogP contribution in [0.4, 0.5) is 15.8 Å². The predicted octanol–water partition coefficient (Wildman–Crippen LogP) is 3.23. The molecular weight excluding hydrogens is 595 g/mol. The third kappa shape index (κ3) is 5.16. The van der Waals surface area contributed by atoms with E-state index in [0.29, 0.717) is 29.0 Å². The van der Waals surface area contributed by atoms with Crippen molar-refractivity contribution < 1.29 is 33.8 Å². The topological polar surface area (TPSA) is 158 Å². The number of rotatable bonds is 6. The summed E-state index contributed by atoms with van der Waals surface area (Å²) < 4.78 is 15.7. The normalized spacial score (nSPS) is 17.8. The Balaban J connectivity index is 1.37. The lowest BCUT2D eigenvalue weighted by Crippen LogP contribution is -2.46. The molecule has 14 heteroatoms. The number of carbonyl (C=O) groups excluding carboxylic acids is 3. The van der Waals surface area contributed by atoms with Gasteiger partial charge in [-0.15, -0.1) is 5.10 Å². The largest absolute Gasteiger partial charge is 0.478 e. The van der Waals surface area contributed by atoms with Crippen molar-refractivity contribution in [1.29, 1.82) is 0 Å². The SMILES string of the molecule is O=C(O)c1ccc(NC(=O)C2c3cccc(N4CCC(O)C4=O)c3CCN2C(=O)c2cn(-c3cccc(Cl)c3F)nn2)cc1. The Morgan fingerprint density at radius 2 is 1.73 bits per heavy atom. The van der Waals surface area contributed by atoms with Gasteiger partial charge in [0.2, 0.25) is 0 Å². The van der Waals surface area contributed by atoms with E-state index >= 15 is 0 Å². The lowest BCUT2D eigenvalue weighted by molar-refractivity contribution is -0.124. The molecule has 3 amide bonds. The van der Waals surface area contributed by atoms with Gasteiger partial charge in [0.05, 0.1) is 16.8 Å². The summed E-state index contributed by atoms with van der Waals surface area (Å²) in [6.45, 7) is 0.358. The van der Waals surface area contributed by atoms with E-state index in [1.807, 2.05) is 0 Å². The zero-order valence-corrected chi connectivity index (χ0v) is 23.6. The molecule has 1 saturated heterocycles. The van der Waals surface area contributed by atoms with E-state index in [-0.39, 0.29) is 41.4 Å². The number of aliphatic hydroxyl groups excluding tert-OH is 1. The molecule has 1 fully saturated rings. The average Bonchev–Trinajstić information content (AvgIpc) is 3.64. The molecule has 3 heterocycles. The van der Waals surface area contributed by atoms with Crippen LogP contribution in [0.1, 0.15) is 44.4 Å². The first-order valence-corrected chi connectivity index (χ1v) is 13.9. The number of nitrogens with one attached hydrogen (secondary N) is 1. The molecule has 2 aliphatic rings. The van der Waals surface area contributed by atoms with Crippen LogP contribution in [0.3, 0.4) is 0 Å². The summed E-state index contributed by atoms with van der Waals surface area (Å²) in [5, 5.41) is 29.7. The van der Waals surface area contributed by atoms with Crippen LogP contribution in [-0.2, 0) is 16.0 Å². The molecule has 3 aromatic carbocycles. The van der Waals surface area contributed by atoms with Crippen LogP contribution in [0.2, 0.25) is 5.02 Å². The summed E-state index contributed by atoms with van der Waals surface area (Å²) in [6.07, 6.45) is 0.678. The van der Waals surface area contributed by atoms with E-state index in [0.717, 1.165) is 4.68 Å². The summed E-state index contributed by atoms with van der Waals surface area (Å²) in [7, 11) is 0. The van der Waals surface area contributed by atoms with E-state index in [9.17, 15) is 33.8 Å². The number of fused-ring (bicyclic) bond motifs is 1. The van der Waals surface area contributed by atoms with Crippen molar-refractivity contribution >= 4 is 46.7 Å². The highest BCUT2D eigenvalue weighted by molar-refractivity contribution is 6.30. The lowest BCUT2D eigenvalue weighted by Gasteiger charge is -2.37. The Morgan fingerprint density at radius 3 is 2.43 bits per heavy atom. The number of carboxylic acid groups (broad SMARTS) is 1. The second-order valence-electron chi connectivity index (χ2n) is 10.3. The smallest absolute Gasteiger partial charge is 0.335 e. The summed E-state index contributed by atoms with van der Waals surface area (Å²) in [6, 6.07) is 13.8. The first-order valence-electron chi connectivity index (χ1n) is 13.6. The quantitative estimate of drug-likeness (QED) is 0.297. The molecule has 0 bridgehead atoms. The first kappa shape index (κ1) is 29.0. The number of carbonyl (C=O) groups is 4. The van der Waals surface area contributed by atoms with Crippen molar-refractivity contribution in [3.8, 4) is 5.69 Å². The fraction of sp³-hybridized carbons (Fsp3) is 0.200. The second kappa shape index (κ2) is 11.5. The third-order valence-electron chi connectivity index (χ3n) is 7.66. The molecular formula is C30H24ClFN6O6. The minimum atomic E-state index is -1.19. The number of aromatic carboxylic acids is 1. The van der Waals surface area contributed by atoms with Crippen molar-refractivity contribution in [3.63, 3.8) is 0 Å². The highest BCUT2D eigenvalue weighted by Gasteiger charge is 2.40. The molecule has 44 heavy (non-hydrogen) atoms. The first-order chi connectivity index (χ1) is 21.1. The molecule has 0 spiro atoms. The number of benzene rings is 3.